The first-order chi connectivity index (χ1) is 10.0. The fraction of sp³-hybridized carbons (Fsp3) is 0.125. The number of phenols is 1. The smallest absolute Gasteiger partial charge is 0.255 e. The van der Waals surface area contributed by atoms with E-state index in [0.29, 0.717) is 11.3 Å². The van der Waals surface area contributed by atoms with Gasteiger partial charge in [-0.15, -0.1) is 0 Å². The molecule has 0 unspecified atom stereocenters. The fourth-order valence-electron chi connectivity index (χ4n) is 1.92. The molecule has 2 aromatic carbocycles. The van der Waals surface area contributed by atoms with Crippen LogP contribution >= 0.6 is 0 Å². The van der Waals surface area contributed by atoms with E-state index in [1.54, 1.807) is 24.3 Å². The summed E-state index contributed by atoms with van der Waals surface area (Å²) >= 11 is 0. The fourth-order valence-corrected chi connectivity index (χ4v) is 1.92. The molecule has 0 saturated heterocycles. The van der Waals surface area contributed by atoms with E-state index in [1.807, 2.05) is 0 Å². The van der Waals surface area contributed by atoms with Crippen molar-refractivity contribution in [1.29, 1.82) is 0 Å². The van der Waals surface area contributed by atoms with Crippen LogP contribution in [-0.4, -0.2) is 23.9 Å². The molecule has 108 valence electrons. The molecular weight excluding hydrogens is 270 g/mol. The molecule has 0 radical (unpaired) electrons. The number of hydrogen-bond donors (Lipinski definition) is 2. The Kier molecular flexibility index (Phi) is 4.23. The quantitative estimate of drug-likeness (QED) is 0.847. The Morgan fingerprint density at radius 2 is 1.86 bits per heavy atom. The van der Waals surface area contributed by atoms with Crippen molar-refractivity contribution >= 4 is 17.4 Å². The van der Waals surface area contributed by atoms with Crippen molar-refractivity contribution in [3.05, 3.63) is 53.6 Å². The zero-order valence-electron chi connectivity index (χ0n) is 11.7. The summed E-state index contributed by atoms with van der Waals surface area (Å²) in [4.78, 5) is 23.7. The van der Waals surface area contributed by atoms with Crippen molar-refractivity contribution in [1.82, 2.24) is 0 Å². The summed E-state index contributed by atoms with van der Waals surface area (Å²) in [6.07, 6.45) is 0. The second-order valence-electron chi connectivity index (χ2n) is 4.44. The molecular formula is C16H15NO4. The lowest BCUT2D eigenvalue weighted by Gasteiger charge is -2.10. The van der Waals surface area contributed by atoms with Crippen molar-refractivity contribution in [3.63, 3.8) is 0 Å². The third kappa shape index (κ3) is 3.20. The number of ketones is 1. The highest BCUT2D eigenvalue weighted by Gasteiger charge is 2.13. The number of carbonyl (C=O) groups is 2. The van der Waals surface area contributed by atoms with Crippen LogP contribution in [0.25, 0.3) is 0 Å². The van der Waals surface area contributed by atoms with Gasteiger partial charge in [0.05, 0.1) is 12.8 Å². The number of benzene rings is 2. The van der Waals surface area contributed by atoms with Crippen LogP contribution in [0, 0.1) is 0 Å². The third-order valence-electron chi connectivity index (χ3n) is 3.00. The number of hydrogen-bond acceptors (Lipinski definition) is 4. The highest BCUT2D eigenvalue weighted by molar-refractivity contribution is 6.09. The molecule has 21 heavy (non-hydrogen) atoms. The number of Topliss-reactive ketones (excluding diaryl/α,β-unsaturated/α-hetero) is 1. The van der Waals surface area contributed by atoms with Gasteiger partial charge >= 0.3 is 0 Å². The van der Waals surface area contributed by atoms with Gasteiger partial charge in [-0.1, -0.05) is 12.1 Å². The van der Waals surface area contributed by atoms with Gasteiger partial charge in [-0.2, -0.15) is 0 Å². The molecule has 0 aliphatic rings. The molecule has 0 heterocycles. The SMILES string of the molecule is COc1ccc(C(=O)Nc2ccccc2C(C)=O)cc1O. The van der Waals surface area contributed by atoms with Crippen molar-refractivity contribution in [2.45, 2.75) is 6.92 Å². The summed E-state index contributed by atoms with van der Waals surface area (Å²) in [7, 11) is 1.43. The van der Waals surface area contributed by atoms with Gasteiger partial charge in [0.15, 0.2) is 17.3 Å². The minimum absolute atomic E-state index is 0.120. The van der Waals surface area contributed by atoms with Gasteiger partial charge in [0, 0.05) is 11.1 Å². The first-order valence-electron chi connectivity index (χ1n) is 6.31. The molecule has 5 heteroatoms. The Balaban J connectivity index is 2.26. The highest BCUT2D eigenvalue weighted by Crippen LogP contribution is 2.26. The summed E-state index contributed by atoms with van der Waals surface area (Å²) in [5, 5.41) is 12.4. The topological polar surface area (TPSA) is 75.6 Å². The van der Waals surface area contributed by atoms with E-state index >= 15 is 0 Å². The third-order valence-corrected chi connectivity index (χ3v) is 3.00. The molecule has 0 aromatic heterocycles. The van der Waals surface area contributed by atoms with Gasteiger partial charge in [0.2, 0.25) is 0 Å². The maximum atomic E-state index is 12.2. The molecule has 0 aliphatic carbocycles. The summed E-state index contributed by atoms with van der Waals surface area (Å²) < 4.78 is 4.92. The number of ether oxygens (including phenoxy) is 1. The molecule has 0 atom stereocenters. The van der Waals surface area contributed by atoms with Crippen molar-refractivity contribution in [3.8, 4) is 11.5 Å². The van der Waals surface area contributed by atoms with E-state index in [0.717, 1.165) is 0 Å². The minimum Gasteiger partial charge on any atom is -0.504 e. The van der Waals surface area contributed by atoms with E-state index in [4.69, 9.17) is 4.74 Å². The van der Waals surface area contributed by atoms with Crippen LogP contribution in [0.1, 0.15) is 27.6 Å². The predicted octanol–water partition coefficient (Wildman–Crippen LogP) is 2.86. The largest absolute Gasteiger partial charge is 0.504 e. The number of nitrogens with one attached hydrogen (secondary N) is 1. The summed E-state index contributed by atoms with van der Waals surface area (Å²) in [5.41, 5.74) is 1.14. The van der Waals surface area contributed by atoms with Crippen LogP contribution in [0.3, 0.4) is 0 Å². The van der Waals surface area contributed by atoms with Gasteiger partial charge in [0.1, 0.15) is 0 Å². The van der Waals surface area contributed by atoms with Crippen LogP contribution in [0.15, 0.2) is 42.5 Å². The average Bonchev–Trinajstić information content (AvgIpc) is 2.47. The number of carbonyl (C=O) groups excluding carboxylic acids is 2. The number of methoxy groups -OCH3 is 1. The monoisotopic (exact) mass is 285 g/mol. The number of anilines is 1. The van der Waals surface area contributed by atoms with Crippen LogP contribution in [0.4, 0.5) is 5.69 Å². The second-order valence-corrected chi connectivity index (χ2v) is 4.44. The lowest BCUT2D eigenvalue weighted by atomic mass is 10.1. The Labute approximate surface area is 122 Å². The number of phenolic OH excluding ortho intramolecular Hbond substituents is 1. The second kappa shape index (κ2) is 6.09. The van der Waals surface area contributed by atoms with Gasteiger partial charge in [-0.05, 0) is 37.3 Å². The molecule has 2 N–H and O–H groups in total. The zero-order chi connectivity index (χ0) is 15.4. The van der Waals surface area contributed by atoms with Gasteiger partial charge in [-0.25, -0.2) is 0 Å². The zero-order valence-corrected chi connectivity index (χ0v) is 11.7. The average molecular weight is 285 g/mol. The molecule has 2 aromatic rings. The Bertz CT molecular complexity index is 694. The van der Waals surface area contributed by atoms with Gasteiger partial charge in [-0.3, -0.25) is 9.59 Å². The molecule has 0 fully saturated rings. The van der Waals surface area contributed by atoms with E-state index in [9.17, 15) is 14.7 Å². The molecule has 0 bridgehead atoms. The first kappa shape index (κ1) is 14.6. The van der Waals surface area contributed by atoms with Crippen LogP contribution < -0.4 is 10.1 Å². The standard InChI is InChI=1S/C16H15NO4/c1-10(18)12-5-3-4-6-13(12)17-16(20)11-7-8-15(21-2)14(19)9-11/h3-9,19H,1-2H3,(H,17,20). The molecule has 1 amide bonds. The summed E-state index contributed by atoms with van der Waals surface area (Å²) in [6.45, 7) is 1.43. The normalized spacial score (nSPS) is 10.0. The number of aromatic hydroxyl groups is 1. The molecule has 0 spiro atoms. The Morgan fingerprint density at radius 3 is 2.48 bits per heavy atom. The van der Waals surface area contributed by atoms with Gasteiger partial charge < -0.3 is 15.2 Å². The van der Waals surface area contributed by atoms with E-state index in [1.165, 1.54) is 32.2 Å². The maximum absolute atomic E-state index is 12.2. The van der Waals surface area contributed by atoms with Gasteiger partial charge in [0.25, 0.3) is 5.91 Å². The molecule has 2 rings (SSSR count). The van der Waals surface area contributed by atoms with Crippen molar-refractivity contribution < 1.29 is 19.4 Å². The van der Waals surface area contributed by atoms with E-state index in [2.05, 4.69) is 5.32 Å². The summed E-state index contributed by atoms with van der Waals surface area (Å²) in [5.74, 6) is -0.383. The number of rotatable bonds is 4. The van der Waals surface area contributed by atoms with E-state index in [-0.39, 0.29) is 22.8 Å². The number of para-hydroxylation sites is 1. The molecule has 5 nitrogen and oxygen atoms in total. The highest BCUT2D eigenvalue weighted by atomic mass is 16.5. The lowest BCUT2D eigenvalue weighted by Crippen LogP contribution is -2.14. The Hall–Kier alpha value is -2.82. The molecule has 0 saturated carbocycles. The molecule has 0 aliphatic heterocycles. The van der Waals surface area contributed by atoms with Crippen LogP contribution in [0.2, 0.25) is 0 Å². The summed E-state index contributed by atoms with van der Waals surface area (Å²) in [6, 6.07) is 11.1. The maximum Gasteiger partial charge on any atom is 0.255 e. The van der Waals surface area contributed by atoms with Crippen LogP contribution in [-0.2, 0) is 0 Å². The van der Waals surface area contributed by atoms with Crippen molar-refractivity contribution in [2.24, 2.45) is 0 Å². The van der Waals surface area contributed by atoms with Crippen LogP contribution in [0.5, 0.6) is 11.5 Å². The first-order valence-corrected chi connectivity index (χ1v) is 6.31. The van der Waals surface area contributed by atoms with Crippen molar-refractivity contribution in [2.75, 3.05) is 12.4 Å². The lowest BCUT2D eigenvalue weighted by molar-refractivity contribution is 0.101. The Morgan fingerprint density at radius 1 is 1.14 bits per heavy atom. The predicted molar refractivity (Wildman–Crippen MR) is 79.1 cm³/mol. The minimum atomic E-state index is -0.415. The number of amides is 1. The van der Waals surface area contributed by atoms with E-state index < -0.39 is 5.91 Å².